The van der Waals surface area contributed by atoms with Crippen LogP contribution < -0.4 is 4.90 Å². The number of hydrogen-bond acceptors (Lipinski definition) is 2. The van der Waals surface area contributed by atoms with E-state index in [1.165, 1.54) is 28.8 Å². The molecule has 1 fully saturated rings. The molecule has 0 aromatic heterocycles. The first-order valence-electron chi connectivity index (χ1n) is 8.54. The predicted octanol–water partition coefficient (Wildman–Crippen LogP) is 2.18. The number of piperazine rings is 1. The smallest absolute Gasteiger partial charge is 0.123 e. The maximum absolute atomic E-state index is 12.9. The molecular weight excluding hydrogens is 301 g/mol. The van der Waals surface area contributed by atoms with Gasteiger partial charge in [0.1, 0.15) is 12.4 Å². The van der Waals surface area contributed by atoms with Crippen molar-refractivity contribution >= 4 is 6.21 Å². The zero-order valence-electron chi connectivity index (χ0n) is 14.4. The van der Waals surface area contributed by atoms with E-state index in [1.54, 1.807) is 17.0 Å². The number of nitrogens with one attached hydrogen (secondary N) is 1. The van der Waals surface area contributed by atoms with Crippen molar-refractivity contribution in [2.24, 2.45) is 5.10 Å². The normalized spacial score (nSPS) is 16.0. The molecule has 0 radical (unpaired) electrons. The molecule has 0 atom stereocenters. The van der Waals surface area contributed by atoms with E-state index in [0.29, 0.717) is 0 Å². The van der Waals surface area contributed by atoms with Crippen molar-refractivity contribution in [3.05, 3.63) is 70.5 Å². The second-order valence-electron chi connectivity index (χ2n) is 6.61. The van der Waals surface area contributed by atoms with Crippen LogP contribution in [-0.4, -0.2) is 37.4 Å². The third kappa shape index (κ3) is 4.42. The van der Waals surface area contributed by atoms with Gasteiger partial charge in [-0.2, -0.15) is 5.10 Å². The van der Waals surface area contributed by atoms with Gasteiger partial charge in [0.15, 0.2) is 0 Å². The highest BCUT2D eigenvalue weighted by Gasteiger charge is 2.19. The second-order valence-corrected chi connectivity index (χ2v) is 6.61. The van der Waals surface area contributed by atoms with Crippen molar-refractivity contribution in [1.82, 2.24) is 5.01 Å². The van der Waals surface area contributed by atoms with Crippen LogP contribution in [0.15, 0.2) is 47.6 Å². The van der Waals surface area contributed by atoms with Crippen molar-refractivity contribution in [2.45, 2.75) is 20.4 Å². The lowest BCUT2D eigenvalue weighted by molar-refractivity contribution is -0.918. The van der Waals surface area contributed by atoms with Crippen LogP contribution in [-0.2, 0) is 6.54 Å². The molecule has 0 amide bonds. The fourth-order valence-electron chi connectivity index (χ4n) is 3.11. The molecule has 3 rings (SSSR count). The standard InChI is InChI=1S/C20H24FN3/c1-16-3-6-19(17(2)13-16)15-23-9-11-24(12-10-23)22-14-18-4-7-20(21)8-5-18/h3-8,13-14H,9-12,15H2,1-2H3/p+1/b22-14-. The number of hydrogen-bond donors (Lipinski definition) is 1. The minimum atomic E-state index is -0.212. The van der Waals surface area contributed by atoms with Gasteiger partial charge in [0, 0.05) is 5.56 Å². The summed E-state index contributed by atoms with van der Waals surface area (Å²) >= 11 is 0. The predicted molar refractivity (Wildman–Crippen MR) is 95.9 cm³/mol. The van der Waals surface area contributed by atoms with Gasteiger partial charge in [-0.25, -0.2) is 4.39 Å². The third-order valence-electron chi connectivity index (χ3n) is 4.63. The maximum Gasteiger partial charge on any atom is 0.123 e. The number of rotatable bonds is 4. The van der Waals surface area contributed by atoms with E-state index in [1.807, 2.05) is 6.21 Å². The van der Waals surface area contributed by atoms with Gasteiger partial charge in [-0.1, -0.05) is 35.9 Å². The number of quaternary nitrogens is 1. The topological polar surface area (TPSA) is 20.0 Å². The number of nitrogens with zero attached hydrogens (tertiary/aromatic N) is 2. The minimum Gasteiger partial charge on any atom is -0.328 e. The zero-order valence-corrected chi connectivity index (χ0v) is 14.4. The monoisotopic (exact) mass is 326 g/mol. The molecule has 1 aliphatic rings. The average molecular weight is 326 g/mol. The Morgan fingerprint density at radius 2 is 1.79 bits per heavy atom. The highest BCUT2D eigenvalue weighted by molar-refractivity contribution is 5.79. The summed E-state index contributed by atoms with van der Waals surface area (Å²) in [5.41, 5.74) is 5.09. The van der Waals surface area contributed by atoms with Crippen LogP contribution in [0.3, 0.4) is 0 Å². The van der Waals surface area contributed by atoms with Crippen LogP contribution in [0.5, 0.6) is 0 Å². The quantitative estimate of drug-likeness (QED) is 0.854. The molecule has 1 heterocycles. The first kappa shape index (κ1) is 16.7. The van der Waals surface area contributed by atoms with Gasteiger partial charge in [-0.3, -0.25) is 5.01 Å². The summed E-state index contributed by atoms with van der Waals surface area (Å²) in [6.45, 7) is 9.52. The SMILES string of the molecule is Cc1ccc(C[NH+]2CCN(/N=C\c3ccc(F)cc3)CC2)c(C)c1. The van der Waals surface area contributed by atoms with Crippen molar-refractivity contribution in [3.63, 3.8) is 0 Å². The van der Waals surface area contributed by atoms with E-state index >= 15 is 0 Å². The number of benzene rings is 2. The third-order valence-corrected chi connectivity index (χ3v) is 4.63. The van der Waals surface area contributed by atoms with Gasteiger partial charge >= 0.3 is 0 Å². The number of hydrazone groups is 1. The van der Waals surface area contributed by atoms with Gasteiger partial charge in [0.2, 0.25) is 0 Å². The lowest BCUT2D eigenvalue weighted by atomic mass is 10.1. The molecule has 0 bridgehead atoms. The first-order chi connectivity index (χ1) is 11.6. The fourth-order valence-corrected chi connectivity index (χ4v) is 3.11. The molecule has 0 unspecified atom stereocenters. The van der Waals surface area contributed by atoms with Crippen molar-refractivity contribution in [2.75, 3.05) is 26.2 Å². The molecule has 1 N–H and O–H groups in total. The maximum atomic E-state index is 12.9. The van der Waals surface area contributed by atoms with E-state index in [-0.39, 0.29) is 5.82 Å². The second kappa shape index (κ2) is 7.58. The van der Waals surface area contributed by atoms with Crippen molar-refractivity contribution < 1.29 is 9.29 Å². The highest BCUT2D eigenvalue weighted by atomic mass is 19.1. The van der Waals surface area contributed by atoms with Crippen molar-refractivity contribution in [1.29, 1.82) is 0 Å². The lowest BCUT2D eigenvalue weighted by Crippen LogP contribution is -3.13. The first-order valence-corrected chi connectivity index (χ1v) is 8.54. The summed E-state index contributed by atoms with van der Waals surface area (Å²) in [7, 11) is 0. The lowest BCUT2D eigenvalue weighted by Gasteiger charge is -2.30. The molecule has 0 spiro atoms. The summed E-state index contributed by atoms with van der Waals surface area (Å²) in [4.78, 5) is 1.61. The van der Waals surface area contributed by atoms with Crippen LogP contribution in [0.25, 0.3) is 0 Å². The molecule has 24 heavy (non-hydrogen) atoms. The Hall–Kier alpha value is -2.20. The van der Waals surface area contributed by atoms with E-state index in [9.17, 15) is 4.39 Å². The molecular formula is C20H25FN3+. The molecule has 126 valence electrons. The van der Waals surface area contributed by atoms with Gasteiger partial charge in [0.25, 0.3) is 0 Å². The highest BCUT2D eigenvalue weighted by Crippen LogP contribution is 2.09. The Morgan fingerprint density at radius 3 is 2.46 bits per heavy atom. The average Bonchev–Trinajstić information content (AvgIpc) is 2.58. The van der Waals surface area contributed by atoms with E-state index in [0.717, 1.165) is 38.3 Å². The number of halogens is 1. The molecule has 0 saturated carbocycles. The van der Waals surface area contributed by atoms with Gasteiger partial charge in [0.05, 0.1) is 32.4 Å². The molecule has 3 nitrogen and oxygen atoms in total. The molecule has 2 aromatic carbocycles. The Morgan fingerprint density at radius 1 is 1.08 bits per heavy atom. The molecule has 1 saturated heterocycles. The summed E-state index contributed by atoms with van der Waals surface area (Å²) in [6, 6.07) is 13.2. The Balaban J connectivity index is 1.51. The van der Waals surface area contributed by atoms with Crippen LogP contribution in [0.1, 0.15) is 22.3 Å². The summed E-state index contributed by atoms with van der Waals surface area (Å²) < 4.78 is 12.9. The van der Waals surface area contributed by atoms with Crippen LogP contribution in [0, 0.1) is 19.7 Å². The van der Waals surface area contributed by atoms with Gasteiger partial charge in [-0.05, 0) is 37.1 Å². The minimum absolute atomic E-state index is 0.212. The summed E-state index contributed by atoms with van der Waals surface area (Å²) in [6.07, 6.45) is 1.81. The summed E-state index contributed by atoms with van der Waals surface area (Å²) in [5, 5.41) is 6.63. The van der Waals surface area contributed by atoms with Crippen molar-refractivity contribution in [3.8, 4) is 0 Å². The largest absolute Gasteiger partial charge is 0.328 e. The van der Waals surface area contributed by atoms with E-state index in [2.05, 4.69) is 42.2 Å². The Bertz CT molecular complexity index is 701. The fraction of sp³-hybridized carbons (Fsp3) is 0.350. The van der Waals surface area contributed by atoms with Crippen LogP contribution >= 0.6 is 0 Å². The molecule has 4 heteroatoms. The Labute approximate surface area is 143 Å². The Kier molecular flexibility index (Phi) is 5.26. The molecule has 0 aliphatic carbocycles. The van der Waals surface area contributed by atoms with Gasteiger partial charge in [-0.15, -0.1) is 0 Å². The van der Waals surface area contributed by atoms with Crippen LogP contribution in [0.4, 0.5) is 4.39 Å². The van der Waals surface area contributed by atoms with Crippen LogP contribution in [0.2, 0.25) is 0 Å². The molecule has 2 aromatic rings. The zero-order chi connectivity index (χ0) is 16.9. The number of aryl methyl sites for hydroxylation is 2. The van der Waals surface area contributed by atoms with E-state index < -0.39 is 0 Å². The summed E-state index contributed by atoms with van der Waals surface area (Å²) in [5.74, 6) is -0.212. The molecule has 1 aliphatic heterocycles. The van der Waals surface area contributed by atoms with E-state index in [4.69, 9.17) is 0 Å². The van der Waals surface area contributed by atoms with Gasteiger partial charge < -0.3 is 4.90 Å².